The van der Waals surface area contributed by atoms with Crippen LogP contribution < -0.4 is 21.7 Å². The van der Waals surface area contributed by atoms with Gasteiger partial charge in [-0.1, -0.05) is 32.9 Å². The van der Waals surface area contributed by atoms with Gasteiger partial charge in [-0.15, -0.1) is 35.1 Å². The van der Waals surface area contributed by atoms with Gasteiger partial charge in [0, 0.05) is 58.6 Å². The fourth-order valence-corrected chi connectivity index (χ4v) is 6.47. The Morgan fingerprint density at radius 3 is 1.71 bits per heavy atom. The molecule has 7 aromatic rings. The molecular weight excluding hydrogens is 720 g/mol. The second-order valence-electron chi connectivity index (χ2n) is 12.6. The van der Waals surface area contributed by atoms with Gasteiger partial charge in [0.1, 0.15) is 20.7 Å². The van der Waals surface area contributed by atoms with Crippen LogP contribution in [0.3, 0.4) is 0 Å². The predicted octanol–water partition coefficient (Wildman–Crippen LogP) is 7.78. The Morgan fingerprint density at radius 2 is 1.19 bits per heavy atom. The summed E-state index contributed by atoms with van der Waals surface area (Å²) in [4.78, 5) is 56.9. The zero-order valence-electron chi connectivity index (χ0n) is 28.8. The first kappa shape index (κ1) is 37.5. The normalized spacial score (nSPS) is 10.9. The highest BCUT2D eigenvalue weighted by molar-refractivity contribution is 7.20. The van der Waals surface area contributed by atoms with Crippen LogP contribution in [0.25, 0.3) is 20.7 Å². The quantitative estimate of drug-likeness (QED) is 0.105. The molecule has 52 heavy (non-hydrogen) atoms. The number of nitrogens with zero attached hydrogens (tertiary/aromatic N) is 5. The van der Waals surface area contributed by atoms with E-state index in [9.17, 15) is 14.4 Å². The van der Waals surface area contributed by atoms with E-state index in [-0.39, 0.29) is 35.5 Å². The third-order valence-electron chi connectivity index (χ3n) is 7.65. The molecule has 5 aromatic heterocycles. The Kier molecular flexibility index (Phi) is 11.3. The average molecular weight is 755 g/mol. The fourth-order valence-electron chi connectivity index (χ4n) is 4.76. The molecule has 0 aliphatic rings. The Labute approximate surface area is 312 Å². The standard InChI is InChI=1S/C22H22N6O2S.C14H12N4OS.ClH/c1-12-5-6-13(25-19(29)15-11-18(28-27-15)22(2,3)4)9-14(12)26-20(30)17-10-16-21(31-17)24-8-7-23-16;1-8-2-3-9(15)6-10(8)18-13(19)12-7-11-14(20-12)17-5-4-16-11;/h5-11H,1-4H3,(H,25,29)(H,26,30)(H,27,28);2-7H,15H2,1H3,(H,18,19);1H. The first-order chi connectivity index (χ1) is 24.3. The number of benzene rings is 2. The van der Waals surface area contributed by atoms with E-state index in [1.807, 2.05) is 46.8 Å². The van der Waals surface area contributed by atoms with Crippen LogP contribution in [0.1, 0.15) is 67.4 Å². The third-order valence-corrected chi connectivity index (χ3v) is 9.71. The number of fused-ring (bicyclic) bond motifs is 2. The topological polar surface area (TPSA) is 194 Å². The van der Waals surface area contributed by atoms with Gasteiger partial charge in [-0.3, -0.25) is 29.5 Å². The van der Waals surface area contributed by atoms with Gasteiger partial charge in [-0.2, -0.15) is 5.10 Å². The number of halogens is 1. The van der Waals surface area contributed by atoms with E-state index in [4.69, 9.17) is 5.73 Å². The minimum Gasteiger partial charge on any atom is -0.399 e. The van der Waals surface area contributed by atoms with Crippen molar-refractivity contribution in [1.29, 1.82) is 0 Å². The first-order valence-corrected chi connectivity index (χ1v) is 17.3. The molecular formula is C36H35ClN10O3S2. The number of H-pyrrole nitrogens is 1. The SMILES string of the molecule is Cc1ccc(N)cc1NC(=O)c1cc2nccnc2s1.Cc1ccc(NC(=O)c2cc(C(C)(C)C)[nH]n2)cc1NC(=O)c1cc2nccnc2s1.Cl. The number of anilines is 4. The summed E-state index contributed by atoms with van der Waals surface area (Å²) in [6.45, 7) is 9.93. The van der Waals surface area contributed by atoms with Crippen LogP contribution in [0.4, 0.5) is 22.7 Å². The van der Waals surface area contributed by atoms with Crippen LogP contribution in [0.5, 0.6) is 0 Å². The minimum absolute atomic E-state index is 0. The van der Waals surface area contributed by atoms with E-state index < -0.39 is 0 Å². The molecule has 7 rings (SSSR count). The molecule has 6 N–H and O–H groups in total. The van der Waals surface area contributed by atoms with Gasteiger partial charge in [0.2, 0.25) is 0 Å². The van der Waals surface area contributed by atoms with Crippen molar-refractivity contribution in [2.45, 2.75) is 40.0 Å². The van der Waals surface area contributed by atoms with E-state index in [1.165, 1.54) is 22.7 Å². The monoisotopic (exact) mass is 754 g/mol. The molecule has 3 amide bonds. The van der Waals surface area contributed by atoms with Crippen LogP contribution in [-0.2, 0) is 5.41 Å². The Morgan fingerprint density at radius 1 is 0.673 bits per heavy atom. The van der Waals surface area contributed by atoms with Crippen molar-refractivity contribution in [1.82, 2.24) is 30.1 Å². The van der Waals surface area contributed by atoms with E-state index >= 15 is 0 Å². The highest BCUT2D eigenvalue weighted by atomic mass is 35.5. The number of carbonyl (C=O) groups is 3. The molecule has 5 heterocycles. The molecule has 0 radical (unpaired) electrons. The van der Waals surface area contributed by atoms with Crippen molar-refractivity contribution in [3.63, 3.8) is 0 Å². The second-order valence-corrected chi connectivity index (χ2v) is 14.7. The maximum atomic E-state index is 12.7. The van der Waals surface area contributed by atoms with E-state index in [2.05, 4.69) is 46.1 Å². The summed E-state index contributed by atoms with van der Waals surface area (Å²) in [7, 11) is 0. The lowest BCUT2D eigenvalue weighted by Gasteiger charge is -2.14. The zero-order chi connectivity index (χ0) is 36.3. The van der Waals surface area contributed by atoms with Crippen molar-refractivity contribution < 1.29 is 14.4 Å². The van der Waals surface area contributed by atoms with Crippen molar-refractivity contribution in [3.8, 4) is 0 Å². The molecule has 0 aliphatic carbocycles. The summed E-state index contributed by atoms with van der Waals surface area (Å²) in [5.74, 6) is -0.753. The number of rotatable bonds is 6. The number of amides is 3. The summed E-state index contributed by atoms with van der Waals surface area (Å²) in [5, 5.41) is 15.6. The molecule has 0 saturated heterocycles. The minimum atomic E-state index is -0.325. The molecule has 16 heteroatoms. The number of nitrogen functional groups attached to an aromatic ring is 1. The molecule has 0 aliphatic heterocycles. The molecule has 2 aromatic carbocycles. The maximum absolute atomic E-state index is 12.7. The number of carbonyl (C=O) groups excluding carboxylic acids is 3. The zero-order valence-corrected chi connectivity index (χ0v) is 31.2. The molecule has 0 spiro atoms. The van der Waals surface area contributed by atoms with E-state index in [0.29, 0.717) is 48.5 Å². The summed E-state index contributed by atoms with van der Waals surface area (Å²) in [6.07, 6.45) is 6.42. The molecule has 13 nitrogen and oxygen atoms in total. The largest absolute Gasteiger partial charge is 0.399 e. The number of hydrogen-bond acceptors (Lipinski definition) is 11. The van der Waals surface area contributed by atoms with Gasteiger partial charge in [0.05, 0.1) is 9.75 Å². The summed E-state index contributed by atoms with van der Waals surface area (Å²) < 4.78 is 0. The number of thiophene rings is 2. The number of hydrogen-bond donors (Lipinski definition) is 5. The molecule has 0 saturated carbocycles. The Bertz CT molecular complexity index is 2350. The number of nitrogens with one attached hydrogen (secondary N) is 4. The van der Waals surface area contributed by atoms with Crippen LogP contribution in [0, 0.1) is 13.8 Å². The van der Waals surface area contributed by atoms with E-state index in [1.54, 1.807) is 67.3 Å². The average Bonchev–Trinajstić information content (AvgIpc) is 3.87. The van der Waals surface area contributed by atoms with Crippen molar-refractivity contribution >= 4 is 96.2 Å². The molecule has 266 valence electrons. The van der Waals surface area contributed by atoms with Gasteiger partial charge < -0.3 is 21.7 Å². The lowest BCUT2D eigenvalue weighted by atomic mass is 9.92. The van der Waals surface area contributed by atoms with E-state index in [0.717, 1.165) is 27.2 Å². The lowest BCUT2D eigenvalue weighted by molar-refractivity contribution is 0.101. The Hall–Kier alpha value is -5.77. The van der Waals surface area contributed by atoms with Gasteiger partial charge in [0.15, 0.2) is 5.69 Å². The van der Waals surface area contributed by atoms with Gasteiger partial charge >= 0.3 is 0 Å². The first-order valence-electron chi connectivity index (χ1n) is 15.7. The van der Waals surface area contributed by atoms with Gasteiger partial charge in [0.25, 0.3) is 17.7 Å². The molecule has 0 unspecified atom stereocenters. The highest BCUT2D eigenvalue weighted by Crippen LogP contribution is 2.27. The fraction of sp³-hybridized carbons (Fsp3) is 0.167. The molecule has 0 bridgehead atoms. The maximum Gasteiger partial charge on any atom is 0.276 e. The molecule has 0 atom stereocenters. The number of nitrogens with two attached hydrogens (primary N) is 1. The predicted molar refractivity (Wildman–Crippen MR) is 210 cm³/mol. The van der Waals surface area contributed by atoms with Crippen LogP contribution in [0.2, 0.25) is 0 Å². The summed E-state index contributed by atoms with van der Waals surface area (Å²) in [5.41, 5.74) is 12.5. The van der Waals surface area contributed by atoms with Crippen molar-refractivity contribution in [2.75, 3.05) is 21.7 Å². The number of aromatic amines is 1. The third kappa shape index (κ3) is 8.74. The summed E-state index contributed by atoms with van der Waals surface area (Å²) >= 11 is 2.60. The smallest absolute Gasteiger partial charge is 0.276 e. The van der Waals surface area contributed by atoms with Crippen molar-refractivity contribution in [2.24, 2.45) is 0 Å². The number of aromatic nitrogens is 6. The van der Waals surface area contributed by atoms with Crippen molar-refractivity contribution in [3.05, 3.63) is 112 Å². The van der Waals surface area contributed by atoms with Crippen LogP contribution in [-0.4, -0.2) is 47.9 Å². The molecule has 0 fully saturated rings. The Balaban J connectivity index is 0.000000215. The lowest BCUT2D eigenvalue weighted by Crippen LogP contribution is -2.14. The van der Waals surface area contributed by atoms with Crippen LogP contribution >= 0.6 is 35.1 Å². The van der Waals surface area contributed by atoms with Gasteiger partial charge in [-0.05, 0) is 67.4 Å². The second kappa shape index (κ2) is 15.6. The van der Waals surface area contributed by atoms with Crippen LogP contribution in [0.15, 0.2) is 79.4 Å². The highest BCUT2D eigenvalue weighted by Gasteiger charge is 2.20. The van der Waals surface area contributed by atoms with Gasteiger partial charge in [-0.25, -0.2) is 9.97 Å². The summed E-state index contributed by atoms with van der Waals surface area (Å²) in [6, 6.07) is 16.0. The number of aryl methyl sites for hydroxylation is 2.